The third kappa shape index (κ3) is 5.06. The van der Waals surface area contributed by atoms with E-state index in [0.717, 1.165) is 36.1 Å². The lowest BCUT2D eigenvalue weighted by Crippen LogP contribution is -2.13. The molecule has 0 unspecified atom stereocenters. The molecule has 0 aliphatic heterocycles. The van der Waals surface area contributed by atoms with Crippen molar-refractivity contribution < 1.29 is 4.74 Å². The Hall–Kier alpha value is -1.90. The molecule has 1 saturated carbocycles. The summed E-state index contributed by atoms with van der Waals surface area (Å²) in [6.45, 7) is 5.30. The summed E-state index contributed by atoms with van der Waals surface area (Å²) in [7, 11) is 0. The van der Waals surface area contributed by atoms with Crippen molar-refractivity contribution in [1.29, 1.82) is 0 Å². The van der Waals surface area contributed by atoms with Gasteiger partial charge in [-0.05, 0) is 73.8 Å². The molecule has 1 heterocycles. The van der Waals surface area contributed by atoms with E-state index in [9.17, 15) is 0 Å². The number of hydrogen-bond acceptors (Lipinski definition) is 3. The van der Waals surface area contributed by atoms with Crippen LogP contribution in [-0.4, -0.2) is 16.6 Å². The fraction of sp³-hybridized carbons (Fsp3) is 0.565. The summed E-state index contributed by atoms with van der Waals surface area (Å²) >= 11 is 0. The summed E-state index contributed by atoms with van der Waals surface area (Å²) in [5.41, 5.74) is 2.35. The topological polar surface area (TPSA) is 35.0 Å². The first-order valence-electron chi connectivity index (χ1n) is 10.3. The average Bonchev–Trinajstić information content (AvgIpc) is 2.72. The molecule has 1 aliphatic carbocycles. The first kappa shape index (κ1) is 18.9. The van der Waals surface area contributed by atoms with Crippen LogP contribution in [0.15, 0.2) is 36.7 Å². The number of ether oxygens (including phenoxy) is 1. The molecule has 2 aromatic rings. The van der Waals surface area contributed by atoms with Gasteiger partial charge in [-0.1, -0.05) is 33.1 Å². The lowest BCUT2D eigenvalue weighted by molar-refractivity contribution is 0.306. The summed E-state index contributed by atoms with van der Waals surface area (Å²) in [5, 5.41) is 0. The molecule has 1 fully saturated rings. The Balaban J connectivity index is 1.56. The monoisotopic (exact) mass is 352 g/mol. The number of unbranched alkanes of at least 4 members (excludes halogenated alkanes) is 2. The maximum absolute atomic E-state index is 5.77. The minimum absolute atomic E-state index is 0.644. The third-order valence-corrected chi connectivity index (χ3v) is 5.70. The highest BCUT2D eigenvalue weighted by Crippen LogP contribution is 2.36. The SMILES string of the molecule is CCCCCOc1ccc(-c2ncc([C@H]3CC[C@H](CC)CC3)cn2)cc1. The predicted molar refractivity (Wildman–Crippen MR) is 107 cm³/mol. The van der Waals surface area contributed by atoms with Crippen LogP contribution in [0.4, 0.5) is 0 Å². The fourth-order valence-electron chi connectivity index (χ4n) is 3.84. The van der Waals surface area contributed by atoms with Crippen molar-refractivity contribution in [1.82, 2.24) is 9.97 Å². The number of hydrogen-bond donors (Lipinski definition) is 0. The Labute approximate surface area is 158 Å². The van der Waals surface area contributed by atoms with Gasteiger partial charge < -0.3 is 4.74 Å². The quantitative estimate of drug-likeness (QED) is 0.516. The van der Waals surface area contributed by atoms with Crippen LogP contribution in [0.1, 0.15) is 76.7 Å². The van der Waals surface area contributed by atoms with Gasteiger partial charge in [0.15, 0.2) is 5.82 Å². The Bertz CT molecular complexity index is 643. The summed E-state index contributed by atoms with van der Waals surface area (Å²) in [4.78, 5) is 9.26. The summed E-state index contributed by atoms with van der Waals surface area (Å²) in [6.07, 6.45) is 14.2. The van der Waals surface area contributed by atoms with Crippen LogP contribution in [-0.2, 0) is 0 Å². The zero-order valence-corrected chi connectivity index (χ0v) is 16.3. The summed E-state index contributed by atoms with van der Waals surface area (Å²) < 4.78 is 5.77. The zero-order valence-electron chi connectivity index (χ0n) is 16.3. The largest absolute Gasteiger partial charge is 0.494 e. The predicted octanol–water partition coefficient (Wildman–Crippen LogP) is 6.40. The molecule has 1 aromatic heterocycles. The van der Waals surface area contributed by atoms with Crippen molar-refractivity contribution in [2.45, 2.75) is 71.1 Å². The second-order valence-electron chi connectivity index (χ2n) is 7.55. The second-order valence-corrected chi connectivity index (χ2v) is 7.55. The molecule has 1 aliphatic rings. The minimum atomic E-state index is 0.644. The van der Waals surface area contributed by atoms with Gasteiger partial charge in [-0.15, -0.1) is 0 Å². The average molecular weight is 353 g/mol. The van der Waals surface area contributed by atoms with Crippen LogP contribution < -0.4 is 4.74 Å². The van der Waals surface area contributed by atoms with Crippen molar-refractivity contribution >= 4 is 0 Å². The minimum Gasteiger partial charge on any atom is -0.494 e. The first-order valence-corrected chi connectivity index (χ1v) is 10.3. The van der Waals surface area contributed by atoms with E-state index >= 15 is 0 Å². The van der Waals surface area contributed by atoms with Gasteiger partial charge in [0.2, 0.25) is 0 Å². The molecular formula is C23H32N2O. The van der Waals surface area contributed by atoms with E-state index in [1.807, 2.05) is 24.5 Å². The van der Waals surface area contributed by atoms with Crippen LogP contribution in [0.5, 0.6) is 5.75 Å². The number of rotatable bonds is 8. The molecule has 3 rings (SSSR count). The molecule has 1 aromatic carbocycles. The van der Waals surface area contributed by atoms with Crippen molar-refractivity contribution in [3.63, 3.8) is 0 Å². The van der Waals surface area contributed by atoms with Gasteiger partial charge in [-0.3, -0.25) is 0 Å². The summed E-state index contributed by atoms with van der Waals surface area (Å²) in [5.74, 6) is 3.29. The highest BCUT2D eigenvalue weighted by atomic mass is 16.5. The van der Waals surface area contributed by atoms with E-state index in [-0.39, 0.29) is 0 Å². The summed E-state index contributed by atoms with van der Waals surface area (Å²) in [6, 6.07) is 8.14. The number of nitrogens with zero attached hydrogens (tertiary/aromatic N) is 2. The maximum Gasteiger partial charge on any atom is 0.159 e. The van der Waals surface area contributed by atoms with E-state index in [1.165, 1.54) is 50.5 Å². The van der Waals surface area contributed by atoms with E-state index < -0.39 is 0 Å². The number of aromatic nitrogens is 2. The standard InChI is InChI=1S/C23H32N2O/c1-3-5-6-15-26-22-13-11-20(12-14-22)23-24-16-21(17-25-23)19-9-7-18(4-2)8-10-19/h11-14,16-19H,3-10,15H2,1-2H3/t18-,19-. The molecule has 0 amide bonds. The molecule has 0 radical (unpaired) electrons. The molecule has 0 N–H and O–H groups in total. The number of benzene rings is 1. The fourth-order valence-corrected chi connectivity index (χ4v) is 3.84. The Morgan fingerprint density at radius 3 is 2.23 bits per heavy atom. The van der Waals surface area contributed by atoms with Gasteiger partial charge in [0.05, 0.1) is 6.61 Å². The molecule has 0 saturated heterocycles. The van der Waals surface area contributed by atoms with Crippen LogP contribution >= 0.6 is 0 Å². The zero-order chi connectivity index (χ0) is 18.2. The molecule has 0 atom stereocenters. The lowest BCUT2D eigenvalue weighted by Gasteiger charge is -2.27. The Morgan fingerprint density at radius 2 is 1.62 bits per heavy atom. The molecular weight excluding hydrogens is 320 g/mol. The molecule has 3 nitrogen and oxygen atoms in total. The van der Waals surface area contributed by atoms with Gasteiger partial charge >= 0.3 is 0 Å². The van der Waals surface area contributed by atoms with E-state index in [4.69, 9.17) is 4.74 Å². The Kier molecular flexibility index (Phi) is 7.04. The molecule has 0 bridgehead atoms. The van der Waals surface area contributed by atoms with Crippen LogP contribution in [0.2, 0.25) is 0 Å². The van der Waals surface area contributed by atoms with Crippen molar-refractivity contribution in [2.24, 2.45) is 5.92 Å². The third-order valence-electron chi connectivity index (χ3n) is 5.70. The second kappa shape index (κ2) is 9.70. The van der Waals surface area contributed by atoms with E-state index in [2.05, 4.69) is 35.9 Å². The highest BCUT2D eigenvalue weighted by molar-refractivity contribution is 5.56. The van der Waals surface area contributed by atoms with E-state index in [0.29, 0.717) is 5.92 Å². The Morgan fingerprint density at radius 1 is 0.923 bits per heavy atom. The van der Waals surface area contributed by atoms with Gasteiger partial charge in [-0.25, -0.2) is 9.97 Å². The van der Waals surface area contributed by atoms with Crippen LogP contribution in [0.3, 0.4) is 0 Å². The highest BCUT2D eigenvalue weighted by Gasteiger charge is 2.21. The van der Waals surface area contributed by atoms with Crippen LogP contribution in [0, 0.1) is 5.92 Å². The van der Waals surface area contributed by atoms with Crippen molar-refractivity contribution in [3.8, 4) is 17.1 Å². The first-order chi connectivity index (χ1) is 12.8. The van der Waals surface area contributed by atoms with Crippen molar-refractivity contribution in [2.75, 3.05) is 6.61 Å². The molecule has 3 heteroatoms. The molecule has 0 spiro atoms. The van der Waals surface area contributed by atoms with Crippen LogP contribution in [0.25, 0.3) is 11.4 Å². The molecule has 26 heavy (non-hydrogen) atoms. The lowest BCUT2D eigenvalue weighted by atomic mass is 9.78. The van der Waals surface area contributed by atoms with Gasteiger partial charge in [0, 0.05) is 18.0 Å². The van der Waals surface area contributed by atoms with Gasteiger partial charge in [0.25, 0.3) is 0 Å². The molecule has 140 valence electrons. The van der Waals surface area contributed by atoms with Gasteiger partial charge in [-0.2, -0.15) is 0 Å². The van der Waals surface area contributed by atoms with Crippen molar-refractivity contribution in [3.05, 3.63) is 42.2 Å². The maximum atomic E-state index is 5.77. The van der Waals surface area contributed by atoms with Gasteiger partial charge in [0.1, 0.15) is 5.75 Å². The normalized spacial score (nSPS) is 20.1. The smallest absolute Gasteiger partial charge is 0.159 e. The van der Waals surface area contributed by atoms with E-state index in [1.54, 1.807) is 0 Å².